The number of fused-ring (bicyclic) bond motifs is 1. The van der Waals surface area contributed by atoms with Crippen LogP contribution in [0.1, 0.15) is 51.0 Å². The number of rotatable bonds is 6. The molecule has 1 saturated heterocycles. The summed E-state index contributed by atoms with van der Waals surface area (Å²) >= 11 is 0. The first-order chi connectivity index (χ1) is 15.9. The Hall–Kier alpha value is -3.08. The third-order valence-electron chi connectivity index (χ3n) is 7.45. The Bertz CT molecular complexity index is 1140. The minimum atomic E-state index is -0.811. The lowest BCUT2D eigenvalue weighted by Crippen LogP contribution is -2.43. The van der Waals surface area contributed by atoms with E-state index in [0.717, 1.165) is 24.1 Å². The van der Waals surface area contributed by atoms with Gasteiger partial charge in [-0.1, -0.05) is 44.2 Å². The molecule has 2 heterocycles. The van der Waals surface area contributed by atoms with Gasteiger partial charge in [0.25, 0.3) is 0 Å². The van der Waals surface area contributed by atoms with Gasteiger partial charge in [-0.15, -0.1) is 0 Å². The predicted molar refractivity (Wildman–Crippen MR) is 131 cm³/mol. The van der Waals surface area contributed by atoms with Gasteiger partial charge in [0.05, 0.1) is 12.1 Å². The van der Waals surface area contributed by atoms with Gasteiger partial charge in [0, 0.05) is 30.1 Å². The summed E-state index contributed by atoms with van der Waals surface area (Å²) < 4.78 is 6.21. The fraction of sp³-hybridized carbons (Fsp3) is 0.429. The molecule has 1 saturated carbocycles. The second-order valence-corrected chi connectivity index (χ2v) is 10.2. The van der Waals surface area contributed by atoms with Crippen molar-refractivity contribution in [3.63, 3.8) is 0 Å². The summed E-state index contributed by atoms with van der Waals surface area (Å²) in [5, 5.41) is 10.4. The molecule has 1 aliphatic heterocycles. The first-order valence-corrected chi connectivity index (χ1v) is 12.0. The van der Waals surface area contributed by atoms with Crippen molar-refractivity contribution in [2.45, 2.75) is 45.4 Å². The smallest absolute Gasteiger partial charge is 0.407 e. The molecule has 1 N–H and O–H groups in total. The summed E-state index contributed by atoms with van der Waals surface area (Å²) in [5.41, 5.74) is 4.99. The van der Waals surface area contributed by atoms with Crippen LogP contribution in [0.2, 0.25) is 0 Å². The fourth-order valence-electron chi connectivity index (χ4n) is 5.17. The van der Waals surface area contributed by atoms with Crippen molar-refractivity contribution in [1.82, 2.24) is 9.88 Å². The Labute approximate surface area is 195 Å². The van der Waals surface area contributed by atoms with Crippen LogP contribution in [0, 0.1) is 11.3 Å². The SMILES string of the molecule is CC(C)(COc1ccc(-c2ccc3cccnc3c2C2CC2)cc1)C1CCN(C(=O)O)CC1. The maximum atomic E-state index is 11.2. The van der Waals surface area contributed by atoms with E-state index in [1.807, 2.05) is 12.3 Å². The fourth-order valence-corrected chi connectivity index (χ4v) is 5.17. The third kappa shape index (κ3) is 4.54. The highest BCUT2D eigenvalue weighted by atomic mass is 16.5. The Kier molecular flexibility index (Phi) is 5.73. The third-order valence-corrected chi connectivity index (χ3v) is 7.45. The zero-order valence-corrected chi connectivity index (χ0v) is 19.5. The van der Waals surface area contributed by atoms with Crippen molar-refractivity contribution >= 4 is 17.0 Å². The Morgan fingerprint density at radius 1 is 1.06 bits per heavy atom. The highest BCUT2D eigenvalue weighted by Gasteiger charge is 2.34. The van der Waals surface area contributed by atoms with Crippen LogP contribution in [0.4, 0.5) is 4.79 Å². The van der Waals surface area contributed by atoms with Crippen LogP contribution >= 0.6 is 0 Å². The molecule has 0 atom stereocenters. The zero-order chi connectivity index (χ0) is 23.0. The van der Waals surface area contributed by atoms with Crippen LogP contribution in [0.25, 0.3) is 22.0 Å². The summed E-state index contributed by atoms with van der Waals surface area (Å²) in [6.07, 6.45) is 5.34. The van der Waals surface area contributed by atoms with Crippen LogP contribution in [-0.4, -0.2) is 40.8 Å². The van der Waals surface area contributed by atoms with E-state index in [-0.39, 0.29) is 5.41 Å². The molecule has 2 aliphatic rings. The van der Waals surface area contributed by atoms with Crippen LogP contribution in [-0.2, 0) is 0 Å². The lowest BCUT2D eigenvalue weighted by Gasteiger charge is -2.39. The number of nitrogens with zero attached hydrogens (tertiary/aromatic N) is 2. The monoisotopic (exact) mass is 444 g/mol. The first kappa shape index (κ1) is 21.7. The number of pyridine rings is 1. The summed E-state index contributed by atoms with van der Waals surface area (Å²) in [6, 6.07) is 17.0. The number of amides is 1. The van der Waals surface area contributed by atoms with Gasteiger partial charge in [-0.25, -0.2) is 4.79 Å². The average Bonchev–Trinajstić information content (AvgIpc) is 3.68. The molecule has 5 nitrogen and oxygen atoms in total. The number of piperidine rings is 1. The number of ether oxygens (including phenoxy) is 1. The molecule has 0 radical (unpaired) electrons. The van der Waals surface area contributed by atoms with E-state index < -0.39 is 6.09 Å². The molecule has 5 rings (SSSR count). The lowest BCUT2D eigenvalue weighted by atomic mass is 9.74. The highest BCUT2D eigenvalue weighted by molar-refractivity contribution is 5.90. The van der Waals surface area contributed by atoms with E-state index in [1.165, 1.54) is 39.8 Å². The van der Waals surface area contributed by atoms with Crippen molar-refractivity contribution in [2.24, 2.45) is 11.3 Å². The van der Waals surface area contributed by atoms with Crippen molar-refractivity contribution in [2.75, 3.05) is 19.7 Å². The minimum absolute atomic E-state index is 0.00752. The molecule has 1 aromatic heterocycles. The zero-order valence-electron chi connectivity index (χ0n) is 19.5. The number of likely N-dealkylation sites (tertiary alicyclic amines) is 1. The van der Waals surface area contributed by atoms with Gasteiger partial charge in [-0.3, -0.25) is 4.98 Å². The van der Waals surface area contributed by atoms with E-state index in [2.05, 4.69) is 56.3 Å². The lowest BCUT2D eigenvalue weighted by molar-refractivity contribution is 0.0573. The van der Waals surface area contributed by atoms with Gasteiger partial charge in [0.2, 0.25) is 0 Å². The Morgan fingerprint density at radius 3 is 2.45 bits per heavy atom. The topological polar surface area (TPSA) is 62.7 Å². The number of carboxylic acid groups (broad SMARTS) is 1. The number of aromatic nitrogens is 1. The van der Waals surface area contributed by atoms with E-state index in [4.69, 9.17) is 9.72 Å². The number of hydrogen-bond acceptors (Lipinski definition) is 3. The largest absolute Gasteiger partial charge is 0.493 e. The second kappa shape index (κ2) is 8.69. The van der Waals surface area contributed by atoms with Gasteiger partial charge in [-0.2, -0.15) is 0 Å². The summed E-state index contributed by atoms with van der Waals surface area (Å²) in [5.74, 6) is 1.95. The highest BCUT2D eigenvalue weighted by Crippen LogP contribution is 2.47. The molecule has 3 aromatic rings. The summed E-state index contributed by atoms with van der Waals surface area (Å²) in [7, 11) is 0. The van der Waals surface area contributed by atoms with E-state index in [1.54, 1.807) is 0 Å². The second-order valence-electron chi connectivity index (χ2n) is 10.2. The molecule has 172 valence electrons. The van der Waals surface area contributed by atoms with Gasteiger partial charge < -0.3 is 14.7 Å². The van der Waals surface area contributed by atoms with Crippen LogP contribution < -0.4 is 4.74 Å². The first-order valence-electron chi connectivity index (χ1n) is 12.0. The molecule has 0 unspecified atom stereocenters. The molecule has 2 fully saturated rings. The molecule has 5 heteroatoms. The molecule has 33 heavy (non-hydrogen) atoms. The maximum Gasteiger partial charge on any atom is 0.407 e. The summed E-state index contributed by atoms with van der Waals surface area (Å²) in [6.45, 7) is 6.31. The number of carbonyl (C=O) groups is 1. The van der Waals surface area contributed by atoms with Crippen molar-refractivity contribution in [1.29, 1.82) is 0 Å². The Balaban J connectivity index is 1.28. The molecular weight excluding hydrogens is 412 g/mol. The van der Waals surface area contributed by atoms with E-state index in [0.29, 0.717) is 31.5 Å². The molecule has 0 spiro atoms. The van der Waals surface area contributed by atoms with E-state index in [9.17, 15) is 9.90 Å². The van der Waals surface area contributed by atoms with Crippen LogP contribution in [0.5, 0.6) is 5.75 Å². The number of benzene rings is 2. The molecule has 1 aliphatic carbocycles. The molecule has 1 amide bonds. The standard InChI is InChI=1S/C28H32N2O3/c1-28(2,22-13-16-30(17-14-22)27(31)32)18-33-23-10-7-19(8-11-23)24-12-9-21-4-3-15-29-26(21)25(24)20-5-6-20/h3-4,7-12,15,20,22H,5-6,13-14,16-18H2,1-2H3,(H,31,32). The molecule has 0 bridgehead atoms. The molecular formula is C28H32N2O3. The number of hydrogen-bond donors (Lipinski definition) is 1. The van der Waals surface area contributed by atoms with Gasteiger partial charge in [0.1, 0.15) is 5.75 Å². The Morgan fingerprint density at radius 2 is 1.79 bits per heavy atom. The van der Waals surface area contributed by atoms with Crippen molar-refractivity contribution in [3.8, 4) is 16.9 Å². The molecule has 2 aromatic carbocycles. The quantitative estimate of drug-likeness (QED) is 0.467. The van der Waals surface area contributed by atoms with Crippen LogP contribution in [0.15, 0.2) is 54.7 Å². The van der Waals surface area contributed by atoms with Crippen LogP contribution in [0.3, 0.4) is 0 Å². The van der Waals surface area contributed by atoms with Gasteiger partial charge in [0.15, 0.2) is 0 Å². The van der Waals surface area contributed by atoms with Gasteiger partial charge >= 0.3 is 6.09 Å². The van der Waals surface area contributed by atoms with Crippen molar-refractivity contribution in [3.05, 3.63) is 60.3 Å². The van der Waals surface area contributed by atoms with Crippen molar-refractivity contribution < 1.29 is 14.6 Å². The minimum Gasteiger partial charge on any atom is -0.493 e. The van der Waals surface area contributed by atoms with E-state index >= 15 is 0 Å². The predicted octanol–water partition coefficient (Wildman–Crippen LogP) is 6.57. The average molecular weight is 445 g/mol. The normalized spacial score (nSPS) is 17.3. The summed E-state index contributed by atoms with van der Waals surface area (Å²) in [4.78, 5) is 17.4. The maximum absolute atomic E-state index is 11.2. The van der Waals surface area contributed by atoms with Gasteiger partial charge in [-0.05, 0) is 72.4 Å².